The first-order chi connectivity index (χ1) is 7.83. The topological polar surface area (TPSA) is 36.4 Å². The number of rotatable bonds is 3. The Bertz CT molecular complexity index is 340. The van der Waals surface area contributed by atoms with Gasteiger partial charge in [-0.25, -0.2) is 4.98 Å². The number of aliphatic hydroxyl groups is 1. The summed E-state index contributed by atoms with van der Waals surface area (Å²) in [4.78, 5) is 6.80. The molecule has 1 unspecified atom stereocenters. The van der Waals surface area contributed by atoms with Crippen molar-refractivity contribution in [3.63, 3.8) is 0 Å². The molecule has 0 radical (unpaired) electrons. The van der Waals surface area contributed by atoms with E-state index in [9.17, 15) is 0 Å². The van der Waals surface area contributed by atoms with Crippen LogP contribution < -0.4 is 4.90 Å². The number of pyridine rings is 1. The van der Waals surface area contributed by atoms with E-state index in [0.717, 1.165) is 30.5 Å². The summed E-state index contributed by atoms with van der Waals surface area (Å²) >= 11 is 0. The Morgan fingerprint density at radius 1 is 1.50 bits per heavy atom. The SMILES string of the molecule is CCC1CCCN(c2cccc(CO)n2)C1. The van der Waals surface area contributed by atoms with Gasteiger partial charge in [-0.2, -0.15) is 0 Å². The molecule has 1 aliphatic rings. The van der Waals surface area contributed by atoms with Crippen LogP contribution in [0, 0.1) is 5.92 Å². The summed E-state index contributed by atoms with van der Waals surface area (Å²) in [5, 5.41) is 9.08. The fourth-order valence-electron chi connectivity index (χ4n) is 2.34. The van der Waals surface area contributed by atoms with Gasteiger partial charge < -0.3 is 10.0 Å². The van der Waals surface area contributed by atoms with Gasteiger partial charge in [0.2, 0.25) is 0 Å². The Morgan fingerprint density at radius 3 is 3.12 bits per heavy atom. The molecule has 0 saturated carbocycles. The Labute approximate surface area is 97.1 Å². The van der Waals surface area contributed by atoms with Gasteiger partial charge in [0.25, 0.3) is 0 Å². The van der Waals surface area contributed by atoms with Gasteiger partial charge in [-0.1, -0.05) is 19.4 Å². The molecular weight excluding hydrogens is 200 g/mol. The average molecular weight is 220 g/mol. The predicted molar refractivity (Wildman–Crippen MR) is 65.4 cm³/mol. The number of hydrogen-bond acceptors (Lipinski definition) is 3. The predicted octanol–water partition coefficient (Wildman–Crippen LogP) is 2.20. The van der Waals surface area contributed by atoms with E-state index in [1.54, 1.807) is 0 Å². The van der Waals surface area contributed by atoms with E-state index in [0.29, 0.717) is 0 Å². The molecule has 1 atom stereocenters. The molecule has 2 rings (SSSR count). The highest BCUT2D eigenvalue weighted by molar-refractivity contribution is 5.39. The van der Waals surface area contributed by atoms with Crippen LogP contribution in [-0.2, 0) is 6.61 Å². The molecule has 1 fully saturated rings. The summed E-state index contributed by atoms with van der Waals surface area (Å²) in [7, 11) is 0. The highest BCUT2D eigenvalue weighted by Gasteiger charge is 2.19. The van der Waals surface area contributed by atoms with Crippen LogP contribution in [0.3, 0.4) is 0 Å². The Hall–Kier alpha value is -1.09. The van der Waals surface area contributed by atoms with Crippen molar-refractivity contribution in [2.45, 2.75) is 32.8 Å². The minimum absolute atomic E-state index is 0.0267. The number of piperidine rings is 1. The average Bonchev–Trinajstić information content (AvgIpc) is 2.39. The Kier molecular flexibility index (Phi) is 3.78. The van der Waals surface area contributed by atoms with E-state index < -0.39 is 0 Å². The summed E-state index contributed by atoms with van der Waals surface area (Å²) in [5.41, 5.74) is 0.760. The molecule has 0 spiro atoms. The molecule has 1 aromatic heterocycles. The molecule has 0 amide bonds. The third-order valence-electron chi connectivity index (χ3n) is 3.37. The van der Waals surface area contributed by atoms with Crippen molar-refractivity contribution in [3.05, 3.63) is 23.9 Å². The van der Waals surface area contributed by atoms with Crippen molar-refractivity contribution >= 4 is 5.82 Å². The Morgan fingerprint density at radius 2 is 2.38 bits per heavy atom. The Balaban J connectivity index is 2.10. The van der Waals surface area contributed by atoms with E-state index in [1.165, 1.54) is 19.3 Å². The fraction of sp³-hybridized carbons (Fsp3) is 0.615. The second kappa shape index (κ2) is 5.30. The third-order valence-corrected chi connectivity index (χ3v) is 3.37. The molecule has 0 bridgehead atoms. The van der Waals surface area contributed by atoms with Crippen LogP contribution in [0.25, 0.3) is 0 Å². The maximum Gasteiger partial charge on any atom is 0.128 e. The highest BCUT2D eigenvalue weighted by Crippen LogP contribution is 2.23. The summed E-state index contributed by atoms with van der Waals surface area (Å²) in [6.07, 6.45) is 3.84. The molecular formula is C13H20N2O. The van der Waals surface area contributed by atoms with Gasteiger partial charge in [0.05, 0.1) is 12.3 Å². The van der Waals surface area contributed by atoms with Gasteiger partial charge in [-0.05, 0) is 30.9 Å². The van der Waals surface area contributed by atoms with E-state index in [-0.39, 0.29) is 6.61 Å². The first-order valence-corrected chi connectivity index (χ1v) is 6.15. The van der Waals surface area contributed by atoms with Crippen molar-refractivity contribution < 1.29 is 5.11 Å². The van der Waals surface area contributed by atoms with Crippen molar-refractivity contribution in [1.29, 1.82) is 0 Å². The first kappa shape index (κ1) is 11.4. The van der Waals surface area contributed by atoms with Crippen LogP contribution in [0.15, 0.2) is 18.2 Å². The molecule has 2 heterocycles. The number of hydrogen-bond donors (Lipinski definition) is 1. The van der Waals surface area contributed by atoms with Crippen LogP contribution in [-0.4, -0.2) is 23.2 Å². The zero-order chi connectivity index (χ0) is 11.4. The number of aromatic nitrogens is 1. The lowest BCUT2D eigenvalue weighted by atomic mass is 9.96. The van der Waals surface area contributed by atoms with Gasteiger partial charge in [-0.3, -0.25) is 0 Å². The first-order valence-electron chi connectivity index (χ1n) is 6.15. The molecule has 88 valence electrons. The van der Waals surface area contributed by atoms with Crippen molar-refractivity contribution in [3.8, 4) is 0 Å². The second-order valence-corrected chi connectivity index (χ2v) is 4.51. The second-order valence-electron chi connectivity index (χ2n) is 4.51. The largest absolute Gasteiger partial charge is 0.390 e. The minimum Gasteiger partial charge on any atom is -0.390 e. The molecule has 0 aliphatic carbocycles. The normalized spacial score (nSPS) is 21.1. The van der Waals surface area contributed by atoms with Crippen LogP contribution in [0.2, 0.25) is 0 Å². The summed E-state index contributed by atoms with van der Waals surface area (Å²) in [5.74, 6) is 1.82. The maximum atomic E-state index is 9.08. The molecule has 1 aromatic rings. The number of anilines is 1. The van der Waals surface area contributed by atoms with Crippen LogP contribution in [0.5, 0.6) is 0 Å². The molecule has 1 saturated heterocycles. The highest BCUT2D eigenvalue weighted by atomic mass is 16.3. The van der Waals surface area contributed by atoms with Gasteiger partial charge >= 0.3 is 0 Å². The molecule has 1 N–H and O–H groups in total. The lowest BCUT2D eigenvalue weighted by Crippen LogP contribution is -2.35. The van der Waals surface area contributed by atoms with Gasteiger partial charge in [0.15, 0.2) is 0 Å². The molecule has 3 heteroatoms. The van der Waals surface area contributed by atoms with E-state index in [2.05, 4.69) is 16.8 Å². The fourth-order valence-corrected chi connectivity index (χ4v) is 2.34. The van der Waals surface area contributed by atoms with Crippen LogP contribution >= 0.6 is 0 Å². The van der Waals surface area contributed by atoms with Gasteiger partial charge in [0.1, 0.15) is 5.82 Å². The van der Waals surface area contributed by atoms with Crippen LogP contribution in [0.4, 0.5) is 5.82 Å². The maximum absolute atomic E-state index is 9.08. The third kappa shape index (κ3) is 2.53. The number of nitrogens with zero attached hydrogens (tertiary/aromatic N) is 2. The standard InChI is InChI=1S/C13H20N2O/c1-2-11-5-4-8-15(9-11)13-7-3-6-12(10-16)14-13/h3,6-7,11,16H,2,4-5,8-10H2,1H3. The lowest BCUT2D eigenvalue weighted by Gasteiger charge is -2.33. The molecule has 3 nitrogen and oxygen atoms in total. The summed E-state index contributed by atoms with van der Waals surface area (Å²) < 4.78 is 0. The van der Waals surface area contributed by atoms with E-state index in [1.807, 2.05) is 18.2 Å². The zero-order valence-electron chi connectivity index (χ0n) is 9.89. The van der Waals surface area contributed by atoms with Crippen molar-refractivity contribution in [2.75, 3.05) is 18.0 Å². The number of aliphatic hydroxyl groups excluding tert-OH is 1. The van der Waals surface area contributed by atoms with E-state index in [4.69, 9.17) is 5.11 Å². The summed E-state index contributed by atoms with van der Waals surface area (Å²) in [6.45, 7) is 4.49. The van der Waals surface area contributed by atoms with Crippen LogP contribution in [0.1, 0.15) is 31.9 Å². The zero-order valence-corrected chi connectivity index (χ0v) is 9.89. The lowest BCUT2D eigenvalue weighted by molar-refractivity contribution is 0.277. The van der Waals surface area contributed by atoms with Gasteiger partial charge in [-0.15, -0.1) is 0 Å². The minimum atomic E-state index is 0.0267. The van der Waals surface area contributed by atoms with Crippen molar-refractivity contribution in [1.82, 2.24) is 4.98 Å². The summed E-state index contributed by atoms with van der Waals surface area (Å²) in [6, 6.07) is 5.88. The quantitative estimate of drug-likeness (QED) is 0.848. The molecule has 16 heavy (non-hydrogen) atoms. The van der Waals surface area contributed by atoms with Crippen molar-refractivity contribution in [2.24, 2.45) is 5.92 Å². The van der Waals surface area contributed by atoms with Gasteiger partial charge in [0, 0.05) is 13.1 Å². The molecule has 0 aromatic carbocycles. The molecule has 1 aliphatic heterocycles. The van der Waals surface area contributed by atoms with E-state index >= 15 is 0 Å². The smallest absolute Gasteiger partial charge is 0.128 e. The monoisotopic (exact) mass is 220 g/mol.